The zero-order valence-corrected chi connectivity index (χ0v) is 10.4. The Hall–Kier alpha value is -0.910. The molecular weight excluding hydrogens is 218 g/mol. The number of aromatic nitrogens is 1. The Balaban J connectivity index is 1.51. The lowest BCUT2D eigenvalue weighted by atomic mass is 10.3. The van der Waals surface area contributed by atoms with Gasteiger partial charge in [0.15, 0.2) is 0 Å². The summed E-state index contributed by atoms with van der Waals surface area (Å²) in [5.41, 5.74) is 0.980. The minimum Gasteiger partial charge on any atom is -0.379 e. The largest absolute Gasteiger partial charge is 0.379 e. The molecule has 1 aromatic heterocycles. The smallest absolute Gasteiger partial charge is 0.133 e. The quantitative estimate of drug-likeness (QED) is 0.744. The first kappa shape index (κ1) is 12.5. The van der Waals surface area contributed by atoms with E-state index in [0.717, 1.165) is 63.8 Å². The zero-order valence-electron chi connectivity index (χ0n) is 10.4. The van der Waals surface area contributed by atoms with Gasteiger partial charge in [-0.05, 0) is 26.4 Å². The summed E-state index contributed by atoms with van der Waals surface area (Å²) in [5, 5.41) is 7.31. The second kappa shape index (κ2) is 6.74. The third kappa shape index (κ3) is 4.46. The fourth-order valence-electron chi connectivity index (χ4n) is 1.97. The van der Waals surface area contributed by atoms with Crippen LogP contribution in [-0.2, 0) is 11.3 Å². The molecule has 0 radical (unpaired) electrons. The Morgan fingerprint density at radius 2 is 2.24 bits per heavy atom. The van der Waals surface area contributed by atoms with Gasteiger partial charge in [0.25, 0.3) is 0 Å². The number of aryl methyl sites for hydroxylation is 1. The van der Waals surface area contributed by atoms with Crippen molar-refractivity contribution in [2.75, 3.05) is 39.4 Å². The van der Waals surface area contributed by atoms with Crippen LogP contribution in [0.25, 0.3) is 0 Å². The number of hydrogen-bond donors (Lipinski definition) is 1. The summed E-state index contributed by atoms with van der Waals surface area (Å²) >= 11 is 0. The van der Waals surface area contributed by atoms with Crippen molar-refractivity contribution >= 4 is 0 Å². The van der Waals surface area contributed by atoms with Gasteiger partial charge in [0.1, 0.15) is 5.76 Å². The molecule has 1 fully saturated rings. The Labute approximate surface area is 102 Å². The van der Waals surface area contributed by atoms with Gasteiger partial charge in [-0.1, -0.05) is 5.16 Å². The maximum Gasteiger partial charge on any atom is 0.133 e. The highest BCUT2D eigenvalue weighted by atomic mass is 16.5. The van der Waals surface area contributed by atoms with Crippen LogP contribution in [-0.4, -0.2) is 49.4 Å². The molecule has 0 amide bonds. The molecule has 1 aromatic rings. The number of nitrogens with one attached hydrogen (secondary N) is 1. The minimum absolute atomic E-state index is 0.792. The minimum atomic E-state index is 0.792. The molecule has 0 aromatic carbocycles. The van der Waals surface area contributed by atoms with Crippen molar-refractivity contribution in [1.29, 1.82) is 0 Å². The number of nitrogens with zero attached hydrogens (tertiary/aromatic N) is 2. The van der Waals surface area contributed by atoms with Crippen molar-refractivity contribution in [2.45, 2.75) is 19.9 Å². The molecule has 0 atom stereocenters. The van der Waals surface area contributed by atoms with Crippen LogP contribution in [0.3, 0.4) is 0 Å². The van der Waals surface area contributed by atoms with E-state index in [0.29, 0.717) is 0 Å². The van der Waals surface area contributed by atoms with Crippen LogP contribution < -0.4 is 5.32 Å². The topological polar surface area (TPSA) is 50.5 Å². The van der Waals surface area contributed by atoms with Crippen molar-refractivity contribution in [2.24, 2.45) is 0 Å². The van der Waals surface area contributed by atoms with E-state index in [2.05, 4.69) is 15.4 Å². The molecular formula is C12H21N3O2. The van der Waals surface area contributed by atoms with E-state index in [-0.39, 0.29) is 0 Å². The maximum absolute atomic E-state index is 5.31. The second-order valence-electron chi connectivity index (χ2n) is 4.41. The average Bonchev–Trinajstić information content (AvgIpc) is 2.76. The number of rotatable bonds is 6. The van der Waals surface area contributed by atoms with Crippen LogP contribution >= 0.6 is 0 Å². The summed E-state index contributed by atoms with van der Waals surface area (Å²) < 4.78 is 10.3. The molecule has 5 heteroatoms. The van der Waals surface area contributed by atoms with Gasteiger partial charge in [-0.3, -0.25) is 4.90 Å². The number of morpholine rings is 1. The van der Waals surface area contributed by atoms with E-state index in [9.17, 15) is 0 Å². The first-order valence-electron chi connectivity index (χ1n) is 6.27. The number of ether oxygens (including phenoxy) is 1. The number of hydrogen-bond acceptors (Lipinski definition) is 5. The molecule has 0 aliphatic carbocycles. The normalized spacial score (nSPS) is 17.5. The predicted octanol–water partition coefficient (Wildman–Crippen LogP) is 0.795. The molecule has 0 bridgehead atoms. The lowest BCUT2D eigenvalue weighted by molar-refractivity contribution is 0.0374. The Morgan fingerprint density at radius 1 is 1.41 bits per heavy atom. The molecule has 1 N–H and O–H groups in total. The van der Waals surface area contributed by atoms with Crippen LogP contribution in [0, 0.1) is 6.92 Å². The van der Waals surface area contributed by atoms with Gasteiger partial charge in [-0.15, -0.1) is 0 Å². The van der Waals surface area contributed by atoms with E-state index in [1.165, 1.54) is 0 Å². The Kier molecular flexibility index (Phi) is 4.97. The van der Waals surface area contributed by atoms with Gasteiger partial charge in [0, 0.05) is 25.7 Å². The fourth-order valence-corrected chi connectivity index (χ4v) is 1.97. The molecule has 2 rings (SSSR count). The van der Waals surface area contributed by atoms with Crippen LogP contribution in [0.2, 0.25) is 0 Å². The third-order valence-corrected chi connectivity index (χ3v) is 2.91. The molecule has 17 heavy (non-hydrogen) atoms. The van der Waals surface area contributed by atoms with Crippen molar-refractivity contribution in [3.63, 3.8) is 0 Å². The molecule has 1 saturated heterocycles. The monoisotopic (exact) mass is 239 g/mol. The van der Waals surface area contributed by atoms with E-state index >= 15 is 0 Å². The molecule has 0 saturated carbocycles. The fraction of sp³-hybridized carbons (Fsp3) is 0.750. The predicted molar refractivity (Wildman–Crippen MR) is 64.8 cm³/mol. The van der Waals surface area contributed by atoms with E-state index in [1.807, 2.05) is 13.0 Å². The highest BCUT2D eigenvalue weighted by Crippen LogP contribution is 2.01. The summed E-state index contributed by atoms with van der Waals surface area (Å²) in [4.78, 5) is 2.45. The molecule has 5 nitrogen and oxygen atoms in total. The van der Waals surface area contributed by atoms with Gasteiger partial charge in [0.05, 0.1) is 18.9 Å². The standard InChI is InChI=1S/C12H21N3O2/c1-11-9-12(14-17-11)10-13-3-2-4-15-5-7-16-8-6-15/h9,13H,2-8,10H2,1H3. The molecule has 0 spiro atoms. The summed E-state index contributed by atoms with van der Waals surface area (Å²) in [6.45, 7) is 8.77. The van der Waals surface area contributed by atoms with Crippen LogP contribution in [0.1, 0.15) is 17.9 Å². The van der Waals surface area contributed by atoms with Crippen molar-refractivity contribution < 1.29 is 9.26 Å². The first-order chi connectivity index (χ1) is 8.34. The van der Waals surface area contributed by atoms with E-state index < -0.39 is 0 Å². The van der Waals surface area contributed by atoms with Crippen LogP contribution in [0.4, 0.5) is 0 Å². The summed E-state index contributed by atoms with van der Waals surface area (Å²) in [7, 11) is 0. The summed E-state index contributed by atoms with van der Waals surface area (Å²) in [6, 6.07) is 1.97. The van der Waals surface area contributed by atoms with Gasteiger partial charge >= 0.3 is 0 Å². The molecule has 96 valence electrons. The van der Waals surface area contributed by atoms with Crippen molar-refractivity contribution in [3.05, 3.63) is 17.5 Å². The maximum atomic E-state index is 5.31. The molecule has 1 aliphatic rings. The molecule has 0 unspecified atom stereocenters. The lowest BCUT2D eigenvalue weighted by Gasteiger charge is -2.26. The van der Waals surface area contributed by atoms with Crippen molar-refractivity contribution in [3.8, 4) is 0 Å². The zero-order chi connectivity index (χ0) is 11.9. The van der Waals surface area contributed by atoms with Gasteiger partial charge in [-0.25, -0.2) is 0 Å². The Morgan fingerprint density at radius 3 is 2.94 bits per heavy atom. The summed E-state index contributed by atoms with van der Waals surface area (Å²) in [6.07, 6.45) is 1.16. The highest BCUT2D eigenvalue weighted by Gasteiger charge is 2.08. The van der Waals surface area contributed by atoms with Crippen LogP contribution in [0.5, 0.6) is 0 Å². The van der Waals surface area contributed by atoms with Gasteiger partial charge in [0.2, 0.25) is 0 Å². The van der Waals surface area contributed by atoms with Gasteiger partial charge < -0.3 is 14.6 Å². The highest BCUT2D eigenvalue weighted by molar-refractivity contribution is 5.02. The second-order valence-corrected chi connectivity index (χ2v) is 4.41. The van der Waals surface area contributed by atoms with E-state index in [1.54, 1.807) is 0 Å². The first-order valence-corrected chi connectivity index (χ1v) is 6.27. The molecule has 1 aliphatic heterocycles. The SMILES string of the molecule is Cc1cc(CNCCCN2CCOCC2)no1. The Bertz CT molecular complexity index is 321. The lowest BCUT2D eigenvalue weighted by Crippen LogP contribution is -2.37. The van der Waals surface area contributed by atoms with E-state index in [4.69, 9.17) is 9.26 Å². The third-order valence-electron chi connectivity index (χ3n) is 2.91. The molecule has 2 heterocycles. The average molecular weight is 239 g/mol. The summed E-state index contributed by atoms with van der Waals surface area (Å²) in [5.74, 6) is 0.870. The van der Waals surface area contributed by atoms with Crippen molar-refractivity contribution in [1.82, 2.24) is 15.4 Å². The van der Waals surface area contributed by atoms with Crippen LogP contribution in [0.15, 0.2) is 10.6 Å². The van der Waals surface area contributed by atoms with Gasteiger partial charge in [-0.2, -0.15) is 0 Å².